The number of hydrogen-bond donors (Lipinski definition) is 2. The predicted molar refractivity (Wildman–Crippen MR) is 133 cm³/mol. The first-order valence-electron chi connectivity index (χ1n) is 10.5. The number of aliphatic hydroxyl groups excluding tert-OH is 1. The van der Waals surface area contributed by atoms with E-state index < -0.39 is 6.10 Å². The Bertz CT molecular complexity index is 1540. The third kappa shape index (κ3) is 4.38. The van der Waals surface area contributed by atoms with Crippen LogP contribution in [0.3, 0.4) is 0 Å². The van der Waals surface area contributed by atoms with E-state index in [1.54, 1.807) is 28.8 Å². The summed E-state index contributed by atoms with van der Waals surface area (Å²) < 4.78 is 9.08. The van der Waals surface area contributed by atoms with Crippen molar-refractivity contribution >= 4 is 45.8 Å². The van der Waals surface area contributed by atoms with Crippen LogP contribution in [0.15, 0.2) is 77.3 Å². The van der Waals surface area contributed by atoms with Crippen LogP contribution in [-0.4, -0.2) is 19.4 Å². The molecule has 9 heteroatoms. The average molecular weight is 514 g/mol. The molecule has 5 rings (SSSR count). The van der Waals surface area contributed by atoms with E-state index in [9.17, 15) is 5.11 Å². The summed E-state index contributed by atoms with van der Waals surface area (Å²) in [6.07, 6.45) is -1.01. The van der Waals surface area contributed by atoms with E-state index in [1.165, 1.54) is 0 Å². The van der Waals surface area contributed by atoms with Gasteiger partial charge in [-0.3, -0.25) is 5.41 Å². The second kappa shape index (κ2) is 9.31. The summed E-state index contributed by atoms with van der Waals surface area (Å²) in [4.78, 5) is 0. The van der Waals surface area contributed by atoms with Crippen LogP contribution in [0, 0.1) is 5.41 Å². The Balaban J connectivity index is 1.45. The Morgan fingerprint density at radius 3 is 2.29 bits per heavy atom. The number of halogens is 3. The lowest BCUT2D eigenvalue weighted by Crippen LogP contribution is -2.27. The van der Waals surface area contributed by atoms with Crippen LogP contribution >= 0.6 is 34.8 Å². The molecule has 2 heterocycles. The van der Waals surface area contributed by atoms with Gasteiger partial charge in [-0.25, -0.2) is 0 Å². The van der Waals surface area contributed by atoms with E-state index in [0.717, 1.165) is 22.2 Å². The highest BCUT2D eigenvalue weighted by Crippen LogP contribution is 2.30. The molecule has 34 heavy (non-hydrogen) atoms. The van der Waals surface area contributed by atoms with Crippen molar-refractivity contribution in [2.24, 2.45) is 0 Å². The van der Waals surface area contributed by atoms with Crippen LogP contribution < -0.4 is 5.62 Å². The van der Waals surface area contributed by atoms with E-state index >= 15 is 0 Å². The van der Waals surface area contributed by atoms with Crippen molar-refractivity contribution < 1.29 is 9.63 Å². The van der Waals surface area contributed by atoms with Gasteiger partial charge in [0, 0.05) is 16.7 Å². The number of rotatable bonds is 6. The molecule has 2 aromatic heterocycles. The van der Waals surface area contributed by atoms with E-state index in [1.807, 2.05) is 53.1 Å². The molecule has 0 saturated carbocycles. The Kier molecular flexibility index (Phi) is 6.23. The van der Waals surface area contributed by atoms with Gasteiger partial charge in [-0.2, -0.15) is 0 Å². The first kappa shape index (κ1) is 22.7. The molecule has 0 amide bonds. The summed E-state index contributed by atoms with van der Waals surface area (Å²) >= 11 is 18.1. The zero-order chi connectivity index (χ0) is 23.8. The lowest BCUT2D eigenvalue weighted by molar-refractivity contribution is 0.121. The molecule has 0 aliphatic rings. The molecule has 6 nitrogen and oxygen atoms in total. The van der Waals surface area contributed by atoms with Gasteiger partial charge >= 0.3 is 0 Å². The predicted octanol–water partition coefficient (Wildman–Crippen LogP) is 6.32. The summed E-state index contributed by atoms with van der Waals surface area (Å²) in [5, 5.41) is 25.3. The van der Waals surface area contributed by atoms with Crippen molar-refractivity contribution in [3.05, 3.63) is 105 Å². The zero-order valence-corrected chi connectivity index (χ0v) is 20.0. The second-order valence-electron chi connectivity index (χ2n) is 7.89. The smallest absolute Gasteiger partial charge is 0.203 e. The fraction of sp³-hybridized carbons (Fsp3) is 0.120. The molecule has 0 aliphatic heterocycles. The van der Waals surface area contributed by atoms with E-state index in [0.29, 0.717) is 33.1 Å². The normalized spacial score (nSPS) is 12.4. The van der Waals surface area contributed by atoms with Crippen LogP contribution in [-0.2, 0) is 13.1 Å². The standard InChI is InChI=1S/C25H19Cl3N4O2/c26-17-8-5-15(6-9-17)13-31-21-3-1-2-4-22(21)32(25(31)29)14-23(33)24-12-20(30-34-24)16-7-10-18(27)19(28)11-16/h1-12,23,29,33H,13-14H2. The molecular weight excluding hydrogens is 495 g/mol. The highest BCUT2D eigenvalue weighted by atomic mass is 35.5. The Morgan fingerprint density at radius 2 is 1.59 bits per heavy atom. The molecule has 0 spiro atoms. The van der Waals surface area contributed by atoms with Gasteiger partial charge in [-0.15, -0.1) is 0 Å². The molecule has 0 bridgehead atoms. The number of para-hydroxylation sites is 2. The molecule has 2 N–H and O–H groups in total. The Labute approximate surface area is 210 Å². The lowest BCUT2D eigenvalue weighted by Gasteiger charge is -2.09. The largest absolute Gasteiger partial charge is 0.383 e. The van der Waals surface area contributed by atoms with Crippen molar-refractivity contribution in [3.63, 3.8) is 0 Å². The van der Waals surface area contributed by atoms with E-state index in [-0.39, 0.29) is 12.2 Å². The Morgan fingerprint density at radius 1 is 0.882 bits per heavy atom. The van der Waals surface area contributed by atoms with Crippen molar-refractivity contribution in [1.82, 2.24) is 14.3 Å². The van der Waals surface area contributed by atoms with Gasteiger partial charge in [0.1, 0.15) is 11.8 Å². The minimum atomic E-state index is -1.01. The third-order valence-corrected chi connectivity index (χ3v) is 6.65. The molecule has 172 valence electrons. The number of nitrogens with zero attached hydrogens (tertiary/aromatic N) is 3. The number of fused-ring (bicyclic) bond motifs is 1. The molecule has 0 fully saturated rings. The number of hydrogen-bond acceptors (Lipinski definition) is 4. The van der Waals surface area contributed by atoms with Crippen LogP contribution in [0.5, 0.6) is 0 Å². The van der Waals surface area contributed by atoms with Crippen molar-refractivity contribution in [2.45, 2.75) is 19.2 Å². The van der Waals surface area contributed by atoms with E-state index in [2.05, 4.69) is 5.16 Å². The number of aromatic nitrogens is 3. The van der Waals surface area contributed by atoms with Gasteiger partial charge in [-0.1, -0.05) is 70.3 Å². The average Bonchev–Trinajstić information content (AvgIpc) is 3.42. The molecular formula is C25H19Cl3N4O2. The van der Waals surface area contributed by atoms with Crippen LogP contribution in [0.1, 0.15) is 17.4 Å². The van der Waals surface area contributed by atoms with Gasteiger partial charge in [0.05, 0.1) is 34.2 Å². The Hall–Kier alpha value is -3.03. The number of nitrogens with one attached hydrogen (secondary N) is 1. The van der Waals surface area contributed by atoms with E-state index in [4.69, 9.17) is 44.7 Å². The quantitative estimate of drug-likeness (QED) is 0.279. The zero-order valence-electron chi connectivity index (χ0n) is 17.8. The fourth-order valence-corrected chi connectivity index (χ4v) is 4.34. The molecule has 0 radical (unpaired) electrons. The molecule has 5 aromatic rings. The van der Waals surface area contributed by atoms with Crippen molar-refractivity contribution in [1.29, 1.82) is 5.41 Å². The van der Waals surface area contributed by atoms with Crippen molar-refractivity contribution in [3.8, 4) is 11.3 Å². The monoisotopic (exact) mass is 512 g/mol. The van der Waals surface area contributed by atoms with Crippen molar-refractivity contribution in [2.75, 3.05) is 0 Å². The van der Waals surface area contributed by atoms with Gasteiger partial charge in [0.25, 0.3) is 0 Å². The minimum Gasteiger partial charge on any atom is -0.383 e. The summed E-state index contributed by atoms with van der Waals surface area (Å²) in [5.74, 6) is 0.294. The highest BCUT2D eigenvalue weighted by Gasteiger charge is 2.19. The highest BCUT2D eigenvalue weighted by molar-refractivity contribution is 6.42. The van der Waals surface area contributed by atoms with Gasteiger partial charge < -0.3 is 18.8 Å². The molecule has 3 aromatic carbocycles. The second-order valence-corrected chi connectivity index (χ2v) is 9.15. The first-order chi connectivity index (χ1) is 16.4. The van der Waals surface area contributed by atoms with Crippen LogP contribution in [0.25, 0.3) is 22.3 Å². The fourth-order valence-electron chi connectivity index (χ4n) is 3.91. The summed E-state index contributed by atoms with van der Waals surface area (Å²) in [7, 11) is 0. The van der Waals surface area contributed by atoms with Gasteiger partial charge in [0.15, 0.2) is 5.76 Å². The maximum Gasteiger partial charge on any atom is 0.203 e. The van der Waals surface area contributed by atoms with Gasteiger partial charge in [-0.05, 0) is 42.0 Å². The maximum atomic E-state index is 10.9. The minimum absolute atomic E-state index is 0.128. The van der Waals surface area contributed by atoms with Crippen LogP contribution in [0.4, 0.5) is 0 Å². The topological polar surface area (TPSA) is 80.0 Å². The molecule has 0 saturated heterocycles. The summed E-state index contributed by atoms with van der Waals surface area (Å²) in [5.41, 5.74) is 4.28. The lowest BCUT2D eigenvalue weighted by atomic mass is 10.1. The third-order valence-electron chi connectivity index (χ3n) is 5.66. The summed E-state index contributed by atoms with van der Waals surface area (Å²) in [6, 6.07) is 22.1. The molecule has 0 aliphatic carbocycles. The van der Waals surface area contributed by atoms with Crippen LogP contribution in [0.2, 0.25) is 15.1 Å². The molecule has 1 unspecified atom stereocenters. The molecule has 1 atom stereocenters. The number of imidazole rings is 1. The summed E-state index contributed by atoms with van der Waals surface area (Å²) in [6.45, 7) is 0.631. The SMILES string of the molecule is N=c1n(Cc2ccc(Cl)cc2)c2ccccc2n1CC(O)c1cc(-c2ccc(Cl)c(Cl)c2)no1. The number of benzene rings is 3. The number of aliphatic hydroxyl groups is 1. The maximum absolute atomic E-state index is 10.9. The van der Waals surface area contributed by atoms with Gasteiger partial charge in [0.2, 0.25) is 5.62 Å². The first-order valence-corrected chi connectivity index (χ1v) is 11.6.